The summed E-state index contributed by atoms with van der Waals surface area (Å²) in [5.41, 5.74) is 2.70. The highest BCUT2D eigenvalue weighted by Gasteiger charge is 2.23. The first-order valence-corrected chi connectivity index (χ1v) is 9.95. The van der Waals surface area contributed by atoms with Gasteiger partial charge in [-0.1, -0.05) is 41.1 Å². The van der Waals surface area contributed by atoms with E-state index < -0.39 is 5.56 Å². The molecule has 9 heteroatoms. The highest BCUT2D eigenvalue weighted by atomic mass is 35.5. The number of hydrogen-bond acceptors (Lipinski definition) is 5. The van der Waals surface area contributed by atoms with Crippen molar-refractivity contribution >= 4 is 34.4 Å². The van der Waals surface area contributed by atoms with Gasteiger partial charge in [0.05, 0.1) is 5.69 Å². The van der Waals surface area contributed by atoms with Gasteiger partial charge in [0, 0.05) is 17.3 Å². The van der Waals surface area contributed by atoms with Crippen LogP contribution < -0.4 is 10.5 Å². The number of aromatic nitrogens is 5. The zero-order valence-electron chi connectivity index (χ0n) is 15.9. The molecule has 1 aliphatic heterocycles. The van der Waals surface area contributed by atoms with E-state index in [1.165, 1.54) is 15.6 Å². The van der Waals surface area contributed by atoms with Crippen molar-refractivity contribution in [3.05, 3.63) is 75.8 Å². The Morgan fingerprint density at radius 1 is 1.13 bits per heavy atom. The van der Waals surface area contributed by atoms with Gasteiger partial charge in [-0.25, -0.2) is 4.98 Å². The third-order valence-electron chi connectivity index (χ3n) is 5.20. The second-order valence-electron chi connectivity index (χ2n) is 7.11. The molecule has 0 saturated heterocycles. The molecule has 0 bridgehead atoms. The monoisotopic (exact) mass is 420 g/mol. The standard InChI is InChI=1S/C21H17ClN6O2/c22-15-7-3-8-16(11-15)28-20-19(24-25-28)21(30)26(13-23-20)12-18(29)27-10-4-6-14-5-1-2-9-17(14)27/h1-3,5,7-9,11,13H,4,6,10,12H2. The molecule has 0 aliphatic carbocycles. The summed E-state index contributed by atoms with van der Waals surface area (Å²) in [6, 6.07) is 14.9. The SMILES string of the molecule is O=C(Cn1cnc2c(nnn2-c2cccc(Cl)c2)c1=O)N1CCCc2ccccc21. The van der Waals surface area contributed by atoms with Crippen molar-refractivity contribution in [1.29, 1.82) is 0 Å². The fourth-order valence-corrected chi connectivity index (χ4v) is 3.95. The van der Waals surface area contributed by atoms with E-state index in [2.05, 4.69) is 15.3 Å². The van der Waals surface area contributed by atoms with E-state index in [0.29, 0.717) is 22.9 Å². The maximum Gasteiger partial charge on any atom is 0.284 e. The van der Waals surface area contributed by atoms with Gasteiger partial charge in [-0.05, 0) is 42.7 Å². The number of para-hydroxylation sites is 1. The summed E-state index contributed by atoms with van der Waals surface area (Å²) in [7, 11) is 0. The van der Waals surface area contributed by atoms with E-state index in [1.54, 1.807) is 29.2 Å². The van der Waals surface area contributed by atoms with Crippen molar-refractivity contribution in [3.8, 4) is 5.69 Å². The number of fused-ring (bicyclic) bond motifs is 2. The topological polar surface area (TPSA) is 85.9 Å². The van der Waals surface area contributed by atoms with Crippen LogP contribution in [0.4, 0.5) is 5.69 Å². The molecule has 0 fully saturated rings. The van der Waals surface area contributed by atoms with Crippen LogP contribution in [-0.4, -0.2) is 37.0 Å². The minimum absolute atomic E-state index is 0.101. The molecule has 150 valence electrons. The maximum atomic E-state index is 13.0. The molecule has 0 radical (unpaired) electrons. The first kappa shape index (κ1) is 18.5. The van der Waals surface area contributed by atoms with Crippen LogP contribution in [0.3, 0.4) is 0 Å². The summed E-state index contributed by atoms with van der Waals surface area (Å²) in [6.45, 7) is 0.519. The zero-order chi connectivity index (χ0) is 20.7. The highest BCUT2D eigenvalue weighted by Crippen LogP contribution is 2.26. The van der Waals surface area contributed by atoms with Crippen LogP contribution in [0.2, 0.25) is 5.02 Å². The van der Waals surface area contributed by atoms with E-state index in [0.717, 1.165) is 24.1 Å². The van der Waals surface area contributed by atoms with Gasteiger partial charge in [-0.3, -0.25) is 14.2 Å². The molecule has 5 rings (SSSR count). The lowest BCUT2D eigenvalue weighted by Gasteiger charge is -2.29. The number of carbonyl (C=O) groups is 1. The molecule has 0 N–H and O–H groups in total. The maximum absolute atomic E-state index is 13.0. The Labute approximate surface area is 176 Å². The van der Waals surface area contributed by atoms with Gasteiger partial charge in [-0.2, -0.15) is 4.68 Å². The van der Waals surface area contributed by atoms with E-state index in [4.69, 9.17) is 11.6 Å². The molecule has 0 spiro atoms. The average molecular weight is 421 g/mol. The molecular formula is C21H17ClN6O2. The van der Waals surface area contributed by atoms with Crippen LogP contribution in [0, 0.1) is 0 Å². The van der Waals surface area contributed by atoms with Crippen LogP contribution in [0.15, 0.2) is 59.7 Å². The Bertz CT molecular complexity index is 1330. The number of carbonyl (C=O) groups excluding carboxylic acids is 1. The second kappa shape index (κ2) is 7.38. The quantitative estimate of drug-likeness (QED) is 0.508. The fourth-order valence-electron chi connectivity index (χ4n) is 3.76. The van der Waals surface area contributed by atoms with Crippen molar-refractivity contribution in [1.82, 2.24) is 24.5 Å². The Morgan fingerprint density at radius 2 is 2.00 bits per heavy atom. The first-order chi connectivity index (χ1) is 14.6. The largest absolute Gasteiger partial charge is 0.311 e. The minimum atomic E-state index is -0.410. The van der Waals surface area contributed by atoms with Gasteiger partial charge in [0.2, 0.25) is 5.91 Å². The number of benzene rings is 2. The first-order valence-electron chi connectivity index (χ1n) is 9.57. The van der Waals surface area contributed by atoms with Gasteiger partial charge in [0.25, 0.3) is 5.56 Å². The molecule has 3 heterocycles. The zero-order valence-corrected chi connectivity index (χ0v) is 16.7. The number of nitrogens with zero attached hydrogens (tertiary/aromatic N) is 6. The summed E-state index contributed by atoms with van der Waals surface area (Å²) < 4.78 is 2.73. The molecule has 2 aromatic heterocycles. The molecule has 0 atom stereocenters. The predicted molar refractivity (Wildman–Crippen MR) is 113 cm³/mol. The van der Waals surface area contributed by atoms with Gasteiger partial charge in [0.15, 0.2) is 11.2 Å². The van der Waals surface area contributed by atoms with Crippen LogP contribution >= 0.6 is 11.6 Å². The number of amides is 1. The van der Waals surface area contributed by atoms with Crippen LogP contribution in [0.5, 0.6) is 0 Å². The van der Waals surface area contributed by atoms with E-state index in [-0.39, 0.29) is 18.0 Å². The summed E-state index contributed by atoms with van der Waals surface area (Å²) in [4.78, 5) is 32.0. The second-order valence-corrected chi connectivity index (χ2v) is 7.55. The van der Waals surface area contributed by atoms with E-state index in [1.807, 2.05) is 24.3 Å². The molecule has 0 unspecified atom stereocenters. The van der Waals surface area contributed by atoms with Gasteiger partial charge < -0.3 is 4.90 Å². The highest BCUT2D eigenvalue weighted by molar-refractivity contribution is 6.30. The summed E-state index contributed by atoms with van der Waals surface area (Å²) >= 11 is 6.05. The lowest BCUT2D eigenvalue weighted by molar-refractivity contribution is -0.119. The Hall–Kier alpha value is -3.52. The molecule has 2 aromatic carbocycles. The minimum Gasteiger partial charge on any atom is -0.311 e. The molecule has 8 nitrogen and oxygen atoms in total. The third kappa shape index (κ3) is 3.15. The number of hydrogen-bond donors (Lipinski definition) is 0. The predicted octanol–water partition coefficient (Wildman–Crippen LogP) is 2.61. The van der Waals surface area contributed by atoms with E-state index in [9.17, 15) is 9.59 Å². The lowest BCUT2D eigenvalue weighted by Crippen LogP contribution is -2.39. The van der Waals surface area contributed by atoms with Crippen LogP contribution in [0.1, 0.15) is 12.0 Å². The van der Waals surface area contributed by atoms with Crippen molar-refractivity contribution in [2.24, 2.45) is 0 Å². The third-order valence-corrected chi connectivity index (χ3v) is 5.43. The normalized spacial score (nSPS) is 13.4. The number of rotatable bonds is 3. The lowest BCUT2D eigenvalue weighted by atomic mass is 10.0. The molecule has 30 heavy (non-hydrogen) atoms. The molecular weight excluding hydrogens is 404 g/mol. The number of halogens is 1. The molecule has 1 amide bonds. The molecule has 0 saturated carbocycles. The summed E-state index contributed by atoms with van der Waals surface area (Å²) in [5, 5.41) is 8.57. The van der Waals surface area contributed by atoms with E-state index >= 15 is 0 Å². The van der Waals surface area contributed by atoms with Gasteiger partial charge in [0.1, 0.15) is 12.9 Å². The molecule has 1 aliphatic rings. The number of anilines is 1. The van der Waals surface area contributed by atoms with Gasteiger partial charge >= 0.3 is 0 Å². The summed E-state index contributed by atoms with van der Waals surface area (Å²) in [6.07, 6.45) is 3.20. The Kier molecular flexibility index (Phi) is 4.55. The average Bonchev–Trinajstić information content (AvgIpc) is 3.20. The Balaban J connectivity index is 1.47. The van der Waals surface area contributed by atoms with Crippen LogP contribution in [-0.2, 0) is 17.8 Å². The summed E-state index contributed by atoms with van der Waals surface area (Å²) in [5.74, 6) is -0.160. The number of aryl methyl sites for hydroxylation is 1. The van der Waals surface area contributed by atoms with Crippen LogP contribution in [0.25, 0.3) is 16.9 Å². The fraction of sp³-hybridized carbons (Fsp3) is 0.190. The van der Waals surface area contributed by atoms with Crippen molar-refractivity contribution in [3.63, 3.8) is 0 Å². The van der Waals surface area contributed by atoms with Crippen molar-refractivity contribution in [2.75, 3.05) is 11.4 Å². The Morgan fingerprint density at radius 3 is 2.87 bits per heavy atom. The van der Waals surface area contributed by atoms with Gasteiger partial charge in [-0.15, -0.1) is 5.10 Å². The van der Waals surface area contributed by atoms with Crippen molar-refractivity contribution < 1.29 is 4.79 Å². The van der Waals surface area contributed by atoms with Crippen molar-refractivity contribution in [2.45, 2.75) is 19.4 Å². The smallest absolute Gasteiger partial charge is 0.284 e. The molecule has 4 aromatic rings.